The third kappa shape index (κ3) is 13.3. The third-order valence-corrected chi connectivity index (χ3v) is 4.58. The first-order valence-electron chi connectivity index (χ1n) is 11.0. The molecule has 0 bridgehead atoms. The van der Waals surface area contributed by atoms with Crippen molar-refractivity contribution >= 4 is 5.91 Å². The van der Waals surface area contributed by atoms with E-state index >= 15 is 0 Å². The largest absolute Gasteiger partial charge is 0.386 e. The molecule has 31 heavy (non-hydrogen) atoms. The van der Waals surface area contributed by atoms with Crippen LogP contribution in [0, 0.1) is 0 Å². The molecule has 0 saturated heterocycles. The van der Waals surface area contributed by atoms with E-state index in [0.717, 1.165) is 36.8 Å². The fourth-order valence-corrected chi connectivity index (χ4v) is 2.80. The molecule has 0 spiro atoms. The van der Waals surface area contributed by atoms with E-state index in [0.29, 0.717) is 0 Å². The molecule has 0 saturated carbocycles. The van der Waals surface area contributed by atoms with Gasteiger partial charge in [-0.25, -0.2) is 0 Å². The lowest BCUT2D eigenvalue weighted by molar-refractivity contribution is -0.117. The summed E-state index contributed by atoms with van der Waals surface area (Å²) in [6, 6.07) is 0.0292. The highest BCUT2D eigenvalue weighted by atomic mass is 16.3. The van der Waals surface area contributed by atoms with Gasteiger partial charge in [-0.15, -0.1) is 0 Å². The summed E-state index contributed by atoms with van der Waals surface area (Å²) in [5, 5.41) is 23.2. The van der Waals surface area contributed by atoms with Crippen LogP contribution in [0.2, 0.25) is 0 Å². The van der Waals surface area contributed by atoms with Gasteiger partial charge in [0.05, 0.1) is 0 Å². The second-order valence-electron chi connectivity index (χ2n) is 7.63. The molecule has 0 fully saturated rings. The van der Waals surface area contributed by atoms with Crippen LogP contribution in [0.4, 0.5) is 0 Å². The van der Waals surface area contributed by atoms with Gasteiger partial charge in [0.25, 0.3) is 0 Å². The Morgan fingerprint density at radius 1 is 0.968 bits per heavy atom. The zero-order chi connectivity index (χ0) is 22.9. The minimum atomic E-state index is -1.01. The molecule has 3 atom stereocenters. The first-order valence-corrected chi connectivity index (χ1v) is 11.0. The molecule has 1 rings (SSSR count). The maximum absolute atomic E-state index is 12.3. The molecule has 3 N–H and O–H groups in total. The first kappa shape index (κ1) is 26.3. The van der Waals surface area contributed by atoms with Crippen LogP contribution in [0.1, 0.15) is 46.5 Å². The van der Waals surface area contributed by atoms with Gasteiger partial charge in [0.2, 0.25) is 5.91 Å². The lowest BCUT2D eigenvalue weighted by atomic mass is 10.1. The third-order valence-electron chi connectivity index (χ3n) is 4.58. The van der Waals surface area contributed by atoms with Crippen LogP contribution >= 0.6 is 0 Å². The van der Waals surface area contributed by atoms with E-state index in [4.69, 9.17) is 0 Å². The summed E-state index contributed by atoms with van der Waals surface area (Å²) in [5.74, 6) is -0.141. The normalized spacial score (nSPS) is 32.7. The van der Waals surface area contributed by atoms with Crippen molar-refractivity contribution in [3.63, 3.8) is 0 Å². The Kier molecular flexibility index (Phi) is 13.6. The average molecular weight is 424 g/mol. The molecule has 1 aliphatic heterocycles. The lowest BCUT2D eigenvalue weighted by Gasteiger charge is -2.14. The van der Waals surface area contributed by atoms with Crippen molar-refractivity contribution in [2.24, 2.45) is 0 Å². The van der Waals surface area contributed by atoms with Crippen molar-refractivity contribution in [3.05, 3.63) is 96.2 Å². The van der Waals surface area contributed by atoms with E-state index < -0.39 is 12.2 Å². The quantitative estimate of drug-likeness (QED) is 0.556. The number of carbonyl (C=O) groups excluding carboxylic acids is 1. The summed E-state index contributed by atoms with van der Waals surface area (Å²) in [7, 11) is 0. The molecule has 0 aliphatic carbocycles. The van der Waals surface area contributed by atoms with Gasteiger partial charge >= 0.3 is 0 Å². The number of hydrogen-bond donors (Lipinski definition) is 3. The van der Waals surface area contributed by atoms with Gasteiger partial charge in [0, 0.05) is 12.1 Å². The number of aliphatic hydroxyl groups excluding tert-OH is 2. The number of rotatable bonds is 4. The van der Waals surface area contributed by atoms with E-state index in [1.807, 2.05) is 38.2 Å². The number of carbonyl (C=O) groups is 1. The average Bonchev–Trinajstić information content (AvgIpc) is 2.73. The van der Waals surface area contributed by atoms with Crippen LogP contribution in [-0.4, -0.2) is 34.4 Å². The summed E-state index contributed by atoms with van der Waals surface area (Å²) in [4.78, 5) is 12.3. The molecule has 1 amide bonds. The van der Waals surface area contributed by atoms with Crippen molar-refractivity contribution in [1.29, 1.82) is 0 Å². The number of hydrogen-bond acceptors (Lipinski definition) is 3. The minimum Gasteiger partial charge on any atom is -0.386 e. The van der Waals surface area contributed by atoms with E-state index in [1.165, 1.54) is 6.08 Å². The number of allylic oxidation sites excluding steroid dienone is 11. The second-order valence-corrected chi connectivity index (χ2v) is 7.63. The van der Waals surface area contributed by atoms with Crippen molar-refractivity contribution in [1.82, 2.24) is 5.32 Å². The van der Waals surface area contributed by atoms with Crippen molar-refractivity contribution in [2.45, 2.75) is 64.7 Å². The van der Waals surface area contributed by atoms with E-state index in [-0.39, 0.29) is 11.9 Å². The van der Waals surface area contributed by atoms with Crippen molar-refractivity contribution in [3.8, 4) is 0 Å². The Bertz CT molecular complexity index is 778. The monoisotopic (exact) mass is 423 g/mol. The maximum Gasteiger partial charge on any atom is 0.244 e. The number of amides is 1. The van der Waals surface area contributed by atoms with E-state index in [2.05, 4.69) is 30.5 Å². The minimum absolute atomic E-state index is 0.0292. The Hall–Kier alpha value is -2.69. The lowest BCUT2D eigenvalue weighted by Crippen LogP contribution is -2.32. The van der Waals surface area contributed by atoms with Crippen molar-refractivity contribution < 1.29 is 15.0 Å². The molecule has 4 heteroatoms. The summed E-state index contributed by atoms with van der Waals surface area (Å²) in [6.45, 7) is 5.96. The molecule has 168 valence electrons. The number of unbranched alkanes of at least 4 members (excludes halogenated alkanes) is 1. The zero-order valence-electron chi connectivity index (χ0n) is 18.9. The highest BCUT2D eigenvalue weighted by molar-refractivity contribution is 5.88. The zero-order valence-corrected chi connectivity index (χ0v) is 18.9. The highest BCUT2D eigenvalue weighted by Crippen LogP contribution is 2.06. The maximum atomic E-state index is 12.3. The van der Waals surface area contributed by atoms with E-state index in [1.54, 1.807) is 36.5 Å². The van der Waals surface area contributed by atoms with Crippen LogP contribution < -0.4 is 5.32 Å². The van der Waals surface area contributed by atoms with Crippen molar-refractivity contribution in [2.75, 3.05) is 0 Å². The van der Waals surface area contributed by atoms with Crippen LogP contribution in [0.5, 0.6) is 0 Å². The van der Waals surface area contributed by atoms with Crippen LogP contribution in [0.3, 0.4) is 0 Å². The molecule has 0 aromatic rings. The fourth-order valence-electron chi connectivity index (χ4n) is 2.80. The van der Waals surface area contributed by atoms with Gasteiger partial charge in [-0.1, -0.05) is 103 Å². The summed E-state index contributed by atoms with van der Waals surface area (Å²) >= 11 is 0. The van der Waals surface area contributed by atoms with Gasteiger partial charge < -0.3 is 15.5 Å². The van der Waals surface area contributed by atoms with Crippen LogP contribution in [0.15, 0.2) is 96.2 Å². The molecular formula is C27H37NO3. The van der Waals surface area contributed by atoms with Crippen LogP contribution in [0.25, 0.3) is 0 Å². The summed E-state index contributed by atoms with van der Waals surface area (Å²) in [6.07, 6.45) is 27.3. The predicted molar refractivity (Wildman–Crippen MR) is 130 cm³/mol. The molecule has 0 radical (unpaired) electrons. The molecule has 0 aromatic heterocycles. The van der Waals surface area contributed by atoms with Gasteiger partial charge in [-0.05, 0) is 33.1 Å². The smallest absolute Gasteiger partial charge is 0.244 e. The molecule has 0 aromatic carbocycles. The standard InChI is InChI=1S/C27H37NO3/c1-4-5-6-7-17-24-18-11-8-14-22(2)15-9-12-19-25(29)26(30)21-23(3)16-10-13-20-27(31)28-24/h6-16,19-21,24-26,29-30H,4-5,17-18H2,1-3H3,(H,28,31)/b7-6+,11-8+,15-9+,16-10+,19-12-,20-13+,22-14+,23-21+/t24-,25+,26-/m0/s1. The Labute approximate surface area is 187 Å². The molecular weight excluding hydrogens is 386 g/mol. The number of nitrogens with one attached hydrogen (secondary N) is 1. The van der Waals surface area contributed by atoms with Gasteiger partial charge in [-0.3, -0.25) is 4.79 Å². The predicted octanol–water partition coefficient (Wildman–Crippen LogP) is 5.02. The molecule has 0 unspecified atom stereocenters. The Morgan fingerprint density at radius 2 is 1.68 bits per heavy atom. The SMILES string of the molecule is CCC/C=C/C[C@H]1C/C=C/C=C(C)/C=C/C=C\[C@@H](O)[C@@H](O)/C=C(C)/C=C/C=C/C(=O)N1. The fraction of sp³-hybridized carbons (Fsp3) is 0.370. The van der Waals surface area contributed by atoms with Gasteiger partial charge in [-0.2, -0.15) is 0 Å². The Balaban J connectivity index is 3.01. The molecule has 1 aliphatic rings. The highest BCUT2D eigenvalue weighted by Gasteiger charge is 2.09. The topological polar surface area (TPSA) is 69.6 Å². The van der Waals surface area contributed by atoms with E-state index in [9.17, 15) is 15.0 Å². The second kappa shape index (κ2) is 16.1. The van der Waals surface area contributed by atoms with Gasteiger partial charge in [0.1, 0.15) is 12.2 Å². The first-order chi connectivity index (χ1) is 14.9. The number of aliphatic hydroxyl groups is 2. The Morgan fingerprint density at radius 3 is 2.45 bits per heavy atom. The van der Waals surface area contributed by atoms with Crippen LogP contribution in [-0.2, 0) is 4.79 Å². The van der Waals surface area contributed by atoms with Gasteiger partial charge in [0.15, 0.2) is 0 Å². The molecule has 1 heterocycles. The summed E-state index contributed by atoms with van der Waals surface area (Å²) in [5.41, 5.74) is 1.84. The summed E-state index contributed by atoms with van der Waals surface area (Å²) < 4.78 is 0. The molecule has 4 nitrogen and oxygen atoms in total.